The molecular formula is C19H17F3O3. The zero-order chi connectivity index (χ0) is 18.4. The van der Waals surface area contributed by atoms with Crippen LogP contribution in [0.1, 0.15) is 34.8 Å². The Kier molecular flexibility index (Phi) is 6.33. The molecule has 0 fully saturated rings. The maximum Gasteiger partial charge on any atom is 0.317 e. The molecular weight excluding hydrogens is 333 g/mol. The molecule has 132 valence electrons. The number of carbonyl (C=O) groups excluding carboxylic acids is 2. The molecule has 0 bridgehead atoms. The van der Waals surface area contributed by atoms with E-state index in [1.807, 2.05) is 0 Å². The highest BCUT2D eigenvalue weighted by Gasteiger charge is 2.29. The largest absolute Gasteiger partial charge is 0.465 e. The molecule has 0 aliphatic carbocycles. The van der Waals surface area contributed by atoms with Gasteiger partial charge in [0, 0.05) is 11.1 Å². The van der Waals surface area contributed by atoms with E-state index < -0.39 is 29.9 Å². The van der Waals surface area contributed by atoms with Gasteiger partial charge < -0.3 is 4.74 Å². The highest BCUT2D eigenvalue weighted by atomic mass is 19.3. The normalized spacial score (nSPS) is 12.0. The summed E-state index contributed by atoms with van der Waals surface area (Å²) in [6.45, 7) is 1.73. The molecule has 0 amide bonds. The van der Waals surface area contributed by atoms with E-state index >= 15 is 0 Å². The van der Waals surface area contributed by atoms with Crippen molar-refractivity contribution < 1.29 is 27.5 Å². The van der Waals surface area contributed by atoms with Crippen LogP contribution in [0.3, 0.4) is 0 Å². The minimum Gasteiger partial charge on any atom is -0.465 e. The average Bonchev–Trinajstić information content (AvgIpc) is 2.60. The third-order valence-electron chi connectivity index (χ3n) is 3.69. The molecule has 1 atom stereocenters. The number of hydrogen-bond donors (Lipinski definition) is 0. The summed E-state index contributed by atoms with van der Waals surface area (Å²) in [5.74, 6) is -2.82. The Morgan fingerprint density at radius 3 is 2.12 bits per heavy atom. The molecule has 0 aliphatic heterocycles. The second kappa shape index (κ2) is 8.46. The maximum absolute atomic E-state index is 13.0. The Balaban J connectivity index is 2.24. The van der Waals surface area contributed by atoms with Gasteiger partial charge in [-0.1, -0.05) is 24.3 Å². The van der Waals surface area contributed by atoms with Gasteiger partial charge in [0.05, 0.1) is 6.61 Å². The summed E-state index contributed by atoms with van der Waals surface area (Å²) in [5.41, 5.74) is 0.600. The van der Waals surface area contributed by atoms with Crippen molar-refractivity contribution >= 4 is 11.8 Å². The third kappa shape index (κ3) is 4.92. The number of benzene rings is 2. The van der Waals surface area contributed by atoms with E-state index in [0.717, 1.165) is 12.1 Å². The predicted octanol–water partition coefficient (Wildman–Crippen LogP) is 4.37. The van der Waals surface area contributed by atoms with Crippen LogP contribution < -0.4 is 0 Å². The zero-order valence-electron chi connectivity index (χ0n) is 13.5. The summed E-state index contributed by atoms with van der Waals surface area (Å²) in [6, 6.07) is 10.3. The summed E-state index contributed by atoms with van der Waals surface area (Å²) in [6.07, 6.45) is -2.57. The zero-order valence-corrected chi connectivity index (χ0v) is 13.5. The Bertz CT molecular complexity index is 725. The van der Waals surface area contributed by atoms with E-state index in [9.17, 15) is 22.8 Å². The van der Waals surface area contributed by atoms with Crippen molar-refractivity contribution in [1.29, 1.82) is 0 Å². The first-order chi connectivity index (χ1) is 11.9. The lowest BCUT2D eigenvalue weighted by Gasteiger charge is -2.15. The molecule has 1 unspecified atom stereocenters. The Morgan fingerprint density at radius 1 is 1.00 bits per heavy atom. The van der Waals surface area contributed by atoms with Crippen LogP contribution >= 0.6 is 0 Å². The van der Waals surface area contributed by atoms with E-state index in [1.54, 1.807) is 6.92 Å². The first kappa shape index (κ1) is 18.7. The van der Waals surface area contributed by atoms with Crippen LogP contribution in [-0.4, -0.2) is 18.4 Å². The Labute approximate surface area is 143 Å². The number of rotatable bonds is 7. The van der Waals surface area contributed by atoms with Crippen molar-refractivity contribution in [3.63, 3.8) is 0 Å². The summed E-state index contributed by atoms with van der Waals surface area (Å²) in [4.78, 5) is 24.8. The molecule has 3 nitrogen and oxygen atoms in total. The number of esters is 1. The number of carbonyl (C=O) groups is 2. The Morgan fingerprint density at radius 2 is 1.60 bits per heavy atom. The SMILES string of the molecule is CCOC(=O)C(Cc1ccc(C(F)F)cc1)C(=O)c1ccc(F)cc1. The number of alkyl halides is 2. The van der Waals surface area contributed by atoms with Crippen molar-refractivity contribution in [3.8, 4) is 0 Å². The molecule has 0 spiro atoms. The van der Waals surface area contributed by atoms with Crippen molar-refractivity contribution in [2.24, 2.45) is 5.92 Å². The molecule has 2 aromatic rings. The minimum atomic E-state index is -2.59. The van der Waals surface area contributed by atoms with Crippen LogP contribution in [0, 0.1) is 11.7 Å². The second-order valence-electron chi connectivity index (χ2n) is 5.42. The first-order valence-electron chi connectivity index (χ1n) is 7.75. The molecule has 0 aromatic heterocycles. The van der Waals surface area contributed by atoms with Gasteiger partial charge in [0.2, 0.25) is 0 Å². The fourth-order valence-electron chi connectivity index (χ4n) is 2.38. The van der Waals surface area contributed by atoms with Crippen LogP contribution in [-0.2, 0) is 16.0 Å². The predicted molar refractivity (Wildman–Crippen MR) is 86.0 cm³/mol. The van der Waals surface area contributed by atoms with Gasteiger partial charge in [0.1, 0.15) is 11.7 Å². The molecule has 2 aromatic carbocycles. The molecule has 0 radical (unpaired) electrons. The summed E-state index contributed by atoms with van der Waals surface area (Å²) < 4.78 is 43.2. The van der Waals surface area contributed by atoms with E-state index in [4.69, 9.17) is 4.74 Å². The van der Waals surface area contributed by atoms with E-state index in [2.05, 4.69) is 0 Å². The maximum atomic E-state index is 13.0. The van der Waals surface area contributed by atoms with Crippen LogP contribution in [0.2, 0.25) is 0 Å². The molecule has 0 heterocycles. The lowest BCUT2D eigenvalue weighted by Crippen LogP contribution is -2.28. The third-order valence-corrected chi connectivity index (χ3v) is 3.69. The van der Waals surface area contributed by atoms with E-state index in [-0.39, 0.29) is 24.2 Å². The average molecular weight is 350 g/mol. The molecule has 0 saturated heterocycles. The van der Waals surface area contributed by atoms with Crippen molar-refractivity contribution in [1.82, 2.24) is 0 Å². The summed E-state index contributed by atoms with van der Waals surface area (Å²) in [7, 11) is 0. The number of halogens is 3. The Hall–Kier alpha value is -2.63. The van der Waals surface area contributed by atoms with Gasteiger partial charge in [0.15, 0.2) is 5.78 Å². The topological polar surface area (TPSA) is 43.4 Å². The van der Waals surface area contributed by atoms with E-state index in [1.165, 1.54) is 36.4 Å². The lowest BCUT2D eigenvalue weighted by molar-refractivity contribution is -0.146. The van der Waals surface area contributed by atoms with Crippen molar-refractivity contribution in [3.05, 3.63) is 71.0 Å². The highest BCUT2D eigenvalue weighted by molar-refractivity contribution is 6.08. The van der Waals surface area contributed by atoms with Crippen LogP contribution in [0.15, 0.2) is 48.5 Å². The van der Waals surface area contributed by atoms with Crippen LogP contribution in [0.25, 0.3) is 0 Å². The second-order valence-corrected chi connectivity index (χ2v) is 5.42. The number of Topliss-reactive ketones (excluding diaryl/α,β-unsaturated/α-hetero) is 1. The number of ether oxygens (including phenoxy) is 1. The lowest BCUT2D eigenvalue weighted by atomic mass is 9.91. The van der Waals surface area contributed by atoms with Gasteiger partial charge >= 0.3 is 5.97 Å². The standard InChI is InChI=1S/C19H17F3O3/c1-2-25-19(24)16(17(23)13-7-9-15(20)10-8-13)11-12-3-5-14(6-4-12)18(21)22/h3-10,16,18H,2,11H2,1H3. The molecule has 2 rings (SSSR count). The number of ketones is 1. The van der Waals surface area contributed by atoms with Crippen molar-refractivity contribution in [2.75, 3.05) is 6.61 Å². The van der Waals surface area contributed by atoms with Gasteiger partial charge in [-0.25, -0.2) is 13.2 Å². The summed E-state index contributed by atoms with van der Waals surface area (Å²) >= 11 is 0. The van der Waals surface area contributed by atoms with Crippen molar-refractivity contribution in [2.45, 2.75) is 19.8 Å². The van der Waals surface area contributed by atoms with Gasteiger partial charge in [-0.15, -0.1) is 0 Å². The molecule has 25 heavy (non-hydrogen) atoms. The fourth-order valence-corrected chi connectivity index (χ4v) is 2.38. The fraction of sp³-hybridized carbons (Fsp3) is 0.263. The molecule has 0 N–H and O–H groups in total. The van der Waals surface area contributed by atoms with E-state index in [0.29, 0.717) is 5.56 Å². The molecule has 0 aliphatic rings. The van der Waals surface area contributed by atoms with Gasteiger partial charge in [-0.2, -0.15) is 0 Å². The minimum absolute atomic E-state index is 0.0125. The molecule has 6 heteroatoms. The molecule has 0 saturated carbocycles. The van der Waals surface area contributed by atoms with Crippen LogP contribution in [0.5, 0.6) is 0 Å². The quantitative estimate of drug-likeness (QED) is 0.423. The van der Waals surface area contributed by atoms with Gasteiger partial charge in [-0.3, -0.25) is 9.59 Å². The smallest absolute Gasteiger partial charge is 0.317 e. The number of hydrogen-bond acceptors (Lipinski definition) is 3. The first-order valence-corrected chi connectivity index (χ1v) is 7.75. The monoisotopic (exact) mass is 350 g/mol. The van der Waals surface area contributed by atoms with Gasteiger partial charge in [-0.05, 0) is 43.2 Å². The van der Waals surface area contributed by atoms with Crippen LogP contribution in [0.4, 0.5) is 13.2 Å². The summed E-state index contributed by atoms with van der Waals surface area (Å²) in [5, 5.41) is 0. The van der Waals surface area contributed by atoms with Gasteiger partial charge in [0.25, 0.3) is 6.43 Å². The highest BCUT2D eigenvalue weighted by Crippen LogP contribution is 2.22.